The fourth-order valence-electron chi connectivity index (χ4n) is 2.04. The van der Waals surface area contributed by atoms with E-state index in [2.05, 4.69) is 11.1 Å². The number of nitrogens with two attached hydrogens (primary N) is 1. The predicted molar refractivity (Wildman–Crippen MR) is 78.6 cm³/mol. The maximum atomic E-state index is 6.29. The second-order valence-corrected chi connectivity index (χ2v) is 5.27. The van der Waals surface area contributed by atoms with Gasteiger partial charge in [0, 0.05) is 6.20 Å². The van der Waals surface area contributed by atoms with Gasteiger partial charge in [0.25, 0.3) is 0 Å². The van der Waals surface area contributed by atoms with Crippen LogP contribution in [0.15, 0.2) is 48.0 Å². The molecule has 0 amide bonds. The standard InChI is InChI=1S/C15H14N2OS/c1-18-12-4-2-10(3-5-12)15(16)11-8-14-13(17-9-11)6-7-19-14/h2-9,15H,16H2,1H3. The van der Waals surface area contributed by atoms with E-state index in [1.807, 2.05) is 41.9 Å². The van der Waals surface area contributed by atoms with Crippen molar-refractivity contribution in [2.24, 2.45) is 5.73 Å². The van der Waals surface area contributed by atoms with E-state index in [1.165, 1.54) is 4.70 Å². The highest BCUT2D eigenvalue weighted by Crippen LogP contribution is 2.26. The minimum Gasteiger partial charge on any atom is -0.497 e. The number of benzene rings is 1. The van der Waals surface area contributed by atoms with Crippen LogP contribution >= 0.6 is 11.3 Å². The van der Waals surface area contributed by atoms with E-state index >= 15 is 0 Å². The molecule has 0 saturated carbocycles. The first-order valence-electron chi connectivity index (χ1n) is 6.00. The van der Waals surface area contributed by atoms with Crippen molar-refractivity contribution in [2.75, 3.05) is 7.11 Å². The molecule has 96 valence electrons. The van der Waals surface area contributed by atoms with Gasteiger partial charge in [-0.15, -0.1) is 11.3 Å². The van der Waals surface area contributed by atoms with Crippen molar-refractivity contribution >= 4 is 21.6 Å². The number of ether oxygens (including phenoxy) is 1. The fraction of sp³-hybridized carbons (Fsp3) is 0.133. The van der Waals surface area contributed by atoms with E-state index in [0.717, 1.165) is 22.4 Å². The van der Waals surface area contributed by atoms with Crippen LogP contribution in [0.25, 0.3) is 10.2 Å². The molecule has 3 aromatic rings. The van der Waals surface area contributed by atoms with Gasteiger partial charge in [-0.25, -0.2) is 0 Å². The van der Waals surface area contributed by atoms with Gasteiger partial charge in [-0.05, 0) is 40.8 Å². The molecule has 1 aromatic carbocycles. The second kappa shape index (κ2) is 4.99. The Balaban J connectivity index is 1.94. The molecule has 19 heavy (non-hydrogen) atoms. The van der Waals surface area contributed by atoms with E-state index in [1.54, 1.807) is 18.4 Å². The van der Waals surface area contributed by atoms with Crippen molar-refractivity contribution in [3.63, 3.8) is 0 Å². The zero-order chi connectivity index (χ0) is 13.2. The topological polar surface area (TPSA) is 48.1 Å². The molecule has 4 heteroatoms. The summed E-state index contributed by atoms with van der Waals surface area (Å²) >= 11 is 1.68. The number of rotatable bonds is 3. The molecule has 0 radical (unpaired) electrons. The van der Waals surface area contributed by atoms with Gasteiger partial charge in [-0.3, -0.25) is 4.98 Å². The fourth-order valence-corrected chi connectivity index (χ4v) is 2.82. The van der Waals surface area contributed by atoms with Gasteiger partial charge >= 0.3 is 0 Å². The number of hydrogen-bond donors (Lipinski definition) is 1. The Morgan fingerprint density at radius 2 is 1.95 bits per heavy atom. The Bertz CT molecular complexity index is 691. The Kier molecular flexibility index (Phi) is 3.19. The van der Waals surface area contributed by atoms with E-state index < -0.39 is 0 Å². The minimum atomic E-state index is -0.162. The highest BCUT2D eigenvalue weighted by atomic mass is 32.1. The molecule has 0 spiro atoms. The number of hydrogen-bond acceptors (Lipinski definition) is 4. The van der Waals surface area contributed by atoms with E-state index in [0.29, 0.717) is 0 Å². The van der Waals surface area contributed by atoms with Crippen molar-refractivity contribution in [1.82, 2.24) is 4.98 Å². The lowest BCUT2D eigenvalue weighted by Crippen LogP contribution is -2.11. The van der Waals surface area contributed by atoms with Crippen LogP contribution in [-0.2, 0) is 0 Å². The summed E-state index contributed by atoms with van der Waals surface area (Å²) in [6.45, 7) is 0. The molecule has 0 saturated heterocycles. The zero-order valence-electron chi connectivity index (χ0n) is 10.5. The summed E-state index contributed by atoms with van der Waals surface area (Å²) in [5.74, 6) is 0.836. The Labute approximate surface area is 115 Å². The number of pyridine rings is 1. The first-order valence-corrected chi connectivity index (χ1v) is 6.88. The third-order valence-corrected chi connectivity index (χ3v) is 4.01. The third kappa shape index (κ3) is 2.32. The molecule has 2 N–H and O–H groups in total. The van der Waals surface area contributed by atoms with Crippen molar-refractivity contribution in [3.8, 4) is 5.75 Å². The van der Waals surface area contributed by atoms with Crippen LogP contribution < -0.4 is 10.5 Å². The molecule has 3 nitrogen and oxygen atoms in total. The van der Waals surface area contributed by atoms with E-state index in [-0.39, 0.29) is 6.04 Å². The first kappa shape index (κ1) is 12.1. The normalized spacial score (nSPS) is 12.5. The Morgan fingerprint density at radius 3 is 2.68 bits per heavy atom. The summed E-state index contributed by atoms with van der Waals surface area (Å²) in [6, 6.07) is 11.8. The number of thiophene rings is 1. The van der Waals surface area contributed by atoms with E-state index in [4.69, 9.17) is 10.5 Å². The second-order valence-electron chi connectivity index (χ2n) is 4.32. The van der Waals surface area contributed by atoms with Crippen molar-refractivity contribution in [3.05, 3.63) is 59.1 Å². The van der Waals surface area contributed by atoms with Crippen molar-refractivity contribution in [1.29, 1.82) is 0 Å². The van der Waals surface area contributed by atoms with Gasteiger partial charge in [-0.1, -0.05) is 12.1 Å². The number of aromatic nitrogens is 1. The van der Waals surface area contributed by atoms with Crippen LogP contribution in [-0.4, -0.2) is 12.1 Å². The largest absolute Gasteiger partial charge is 0.497 e. The molecule has 1 unspecified atom stereocenters. The summed E-state index contributed by atoms with van der Waals surface area (Å²) in [5.41, 5.74) is 9.40. The smallest absolute Gasteiger partial charge is 0.118 e. The predicted octanol–water partition coefficient (Wildman–Crippen LogP) is 3.35. The molecule has 0 fully saturated rings. The molecule has 0 aliphatic carbocycles. The summed E-state index contributed by atoms with van der Waals surface area (Å²) < 4.78 is 6.32. The molecule has 3 rings (SSSR count). The molecule has 0 aliphatic rings. The summed E-state index contributed by atoms with van der Waals surface area (Å²) in [6.07, 6.45) is 1.85. The molecular formula is C15H14N2OS. The molecule has 0 bridgehead atoms. The van der Waals surface area contributed by atoms with Gasteiger partial charge in [0.1, 0.15) is 5.75 Å². The van der Waals surface area contributed by atoms with Gasteiger partial charge in [0.05, 0.1) is 23.4 Å². The van der Waals surface area contributed by atoms with Gasteiger partial charge in [0.2, 0.25) is 0 Å². The Morgan fingerprint density at radius 1 is 1.16 bits per heavy atom. The average molecular weight is 270 g/mol. The lowest BCUT2D eigenvalue weighted by atomic mass is 10.0. The monoisotopic (exact) mass is 270 g/mol. The molecule has 2 aromatic heterocycles. The Hall–Kier alpha value is -1.91. The first-order chi connectivity index (χ1) is 9.28. The summed E-state index contributed by atoms with van der Waals surface area (Å²) in [7, 11) is 1.66. The van der Waals surface area contributed by atoms with Crippen LogP contribution in [0.1, 0.15) is 17.2 Å². The summed E-state index contributed by atoms with van der Waals surface area (Å²) in [5, 5.41) is 2.04. The number of methoxy groups -OCH3 is 1. The maximum absolute atomic E-state index is 6.29. The van der Waals surface area contributed by atoms with Crippen LogP contribution in [0, 0.1) is 0 Å². The SMILES string of the molecule is COc1ccc(C(N)c2cnc3ccsc3c2)cc1. The van der Waals surface area contributed by atoms with Crippen LogP contribution in [0.2, 0.25) is 0 Å². The van der Waals surface area contributed by atoms with Gasteiger partial charge in [-0.2, -0.15) is 0 Å². The van der Waals surface area contributed by atoms with Crippen LogP contribution in [0.4, 0.5) is 0 Å². The van der Waals surface area contributed by atoms with Gasteiger partial charge in [0.15, 0.2) is 0 Å². The van der Waals surface area contributed by atoms with Crippen molar-refractivity contribution < 1.29 is 4.74 Å². The van der Waals surface area contributed by atoms with Crippen LogP contribution in [0.3, 0.4) is 0 Å². The highest BCUT2D eigenvalue weighted by molar-refractivity contribution is 7.17. The molecular weight excluding hydrogens is 256 g/mol. The number of nitrogens with zero attached hydrogens (tertiary/aromatic N) is 1. The lowest BCUT2D eigenvalue weighted by molar-refractivity contribution is 0.414. The quantitative estimate of drug-likeness (QED) is 0.794. The third-order valence-electron chi connectivity index (χ3n) is 3.16. The highest BCUT2D eigenvalue weighted by Gasteiger charge is 2.10. The van der Waals surface area contributed by atoms with Crippen LogP contribution in [0.5, 0.6) is 5.75 Å². The van der Waals surface area contributed by atoms with Crippen molar-refractivity contribution in [2.45, 2.75) is 6.04 Å². The molecule has 2 heterocycles. The minimum absolute atomic E-state index is 0.162. The molecule has 1 atom stereocenters. The lowest BCUT2D eigenvalue weighted by Gasteiger charge is -2.12. The summed E-state index contributed by atoms with van der Waals surface area (Å²) in [4.78, 5) is 4.43. The van der Waals surface area contributed by atoms with E-state index in [9.17, 15) is 0 Å². The number of fused-ring (bicyclic) bond motifs is 1. The zero-order valence-corrected chi connectivity index (χ0v) is 11.4. The maximum Gasteiger partial charge on any atom is 0.118 e. The average Bonchev–Trinajstić information content (AvgIpc) is 2.94. The molecule has 0 aliphatic heterocycles. The van der Waals surface area contributed by atoms with Gasteiger partial charge < -0.3 is 10.5 Å².